The van der Waals surface area contributed by atoms with Crippen LogP contribution in [0.1, 0.15) is 33.6 Å². The SMILES string of the molecule is CC(C)[C@H](CO)N1C(=O)[C@@H]2[C@@H](C(=O)Nc3ccccc3)[C@@]3(C)CCC2(S3)C1C(=O)Nc1ccccc1Cl. The number of fused-ring (bicyclic) bond motifs is 1. The molecule has 3 N–H and O–H groups in total. The van der Waals surface area contributed by atoms with Crippen LogP contribution in [0.3, 0.4) is 0 Å². The third-order valence-electron chi connectivity index (χ3n) is 8.23. The van der Waals surface area contributed by atoms with Crippen molar-refractivity contribution in [3.8, 4) is 0 Å². The molecule has 0 saturated carbocycles. The second kappa shape index (κ2) is 9.64. The number of anilines is 2. The lowest BCUT2D eigenvalue weighted by atomic mass is 9.66. The number of likely N-dealkylation sites (tertiary alicyclic amines) is 1. The van der Waals surface area contributed by atoms with E-state index in [2.05, 4.69) is 10.6 Å². The highest BCUT2D eigenvalue weighted by Crippen LogP contribution is 2.71. The normalized spacial score (nSPS) is 30.9. The van der Waals surface area contributed by atoms with Crippen molar-refractivity contribution < 1.29 is 19.5 Å². The summed E-state index contributed by atoms with van der Waals surface area (Å²) >= 11 is 7.94. The van der Waals surface area contributed by atoms with Gasteiger partial charge >= 0.3 is 0 Å². The first-order valence-corrected chi connectivity index (χ1v) is 13.9. The Morgan fingerprint density at radius 3 is 2.41 bits per heavy atom. The van der Waals surface area contributed by atoms with Crippen LogP contribution in [0, 0.1) is 17.8 Å². The third kappa shape index (κ3) is 4.14. The van der Waals surface area contributed by atoms with Crippen LogP contribution < -0.4 is 10.6 Å². The van der Waals surface area contributed by atoms with Gasteiger partial charge in [0.1, 0.15) is 6.04 Å². The van der Waals surface area contributed by atoms with Crippen molar-refractivity contribution in [3.05, 3.63) is 59.6 Å². The quantitative estimate of drug-likeness (QED) is 0.482. The molecule has 37 heavy (non-hydrogen) atoms. The molecular weight excluding hydrogens is 510 g/mol. The van der Waals surface area contributed by atoms with Crippen molar-refractivity contribution in [2.24, 2.45) is 17.8 Å². The molecule has 0 radical (unpaired) electrons. The summed E-state index contributed by atoms with van der Waals surface area (Å²) in [7, 11) is 0. The Bertz CT molecular complexity index is 1230. The van der Waals surface area contributed by atoms with Gasteiger partial charge in [0.2, 0.25) is 17.7 Å². The monoisotopic (exact) mass is 541 g/mol. The molecule has 3 aliphatic rings. The van der Waals surface area contributed by atoms with E-state index in [1.54, 1.807) is 40.9 Å². The Hall–Kier alpha value is -2.55. The number of thioether (sulfide) groups is 1. The van der Waals surface area contributed by atoms with Crippen LogP contribution in [0.4, 0.5) is 11.4 Å². The molecule has 9 heteroatoms. The third-order valence-corrected chi connectivity index (χ3v) is 10.5. The highest BCUT2D eigenvalue weighted by molar-refractivity contribution is 8.02. The molecule has 3 aliphatic heterocycles. The molecule has 3 heterocycles. The van der Waals surface area contributed by atoms with Gasteiger partial charge in [-0.1, -0.05) is 55.8 Å². The summed E-state index contributed by atoms with van der Waals surface area (Å²) in [4.78, 5) is 43.5. The van der Waals surface area contributed by atoms with Crippen LogP contribution in [0.5, 0.6) is 0 Å². The van der Waals surface area contributed by atoms with E-state index in [1.807, 2.05) is 51.1 Å². The lowest BCUT2D eigenvalue weighted by Crippen LogP contribution is -2.56. The predicted octanol–water partition coefficient (Wildman–Crippen LogP) is 4.42. The highest BCUT2D eigenvalue weighted by atomic mass is 35.5. The molecule has 1 spiro atoms. The maximum atomic E-state index is 14.2. The van der Waals surface area contributed by atoms with Crippen molar-refractivity contribution >= 4 is 52.5 Å². The van der Waals surface area contributed by atoms with Gasteiger partial charge in [-0.25, -0.2) is 0 Å². The smallest absolute Gasteiger partial charge is 0.248 e. The maximum Gasteiger partial charge on any atom is 0.248 e. The van der Waals surface area contributed by atoms with Gasteiger partial charge in [-0.15, -0.1) is 11.8 Å². The van der Waals surface area contributed by atoms with Gasteiger partial charge in [-0.2, -0.15) is 0 Å². The number of amides is 3. The molecule has 2 aromatic rings. The molecule has 0 aliphatic carbocycles. The lowest BCUT2D eigenvalue weighted by molar-refractivity contribution is -0.142. The standard InChI is InChI=1S/C28H32ClN3O4S/c1-16(2)20(15-33)32-23(25(35)31-19-12-8-7-11-18(19)29)28-14-13-27(3,37-28)21(22(28)26(32)36)24(34)30-17-9-5-4-6-10-17/h4-12,16,20-23,33H,13-15H2,1-3H3,(H,30,34)(H,31,35)/t20-,21-,22-,23?,27+,28?/m0/s1. The first-order valence-electron chi connectivity index (χ1n) is 12.7. The van der Waals surface area contributed by atoms with Crippen molar-refractivity contribution in [1.29, 1.82) is 0 Å². The summed E-state index contributed by atoms with van der Waals surface area (Å²) in [5, 5.41) is 16.7. The van der Waals surface area contributed by atoms with Crippen LogP contribution in [-0.4, -0.2) is 55.9 Å². The number of para-hydroxylation sites is 2. The summed E-state index contributed by atoms with van der Waals surface area (Å²) in [6, 6.07) is 14.8. The molecular formula is C28H32ClN3O4S. The van der Waals surface area contributed by atoms with E-state index < -0.39 is 33.4 Å². The molecule has 3 saturated heterocycles. The van der Waals surface area contributed by atoms with Crippen LogP contribution in [0.25, 0.3) is 0 Å². The van der Waals surface area contributed by atoms with Crippen molar-refractivity contribution in [1.82, 2.24) is 4.90 Å². The Labute approximate surface area is 226 Å². The molecule has 5 rings (SSSR count). The molecule has 196 valence electrons. The van der Waals surface area contributed by atoms with Crippen molar-refractivity contribution in [3.63, 3.8) is 0 Å². The number of nitrogens with zero attached hydrogens (tertiary/aromatic N) is 1. The number of carbonyl (C=O) groups excluding carboxylic acids is 3. The fourth-order valence-corrected chi connectivity index (χ4v) is 9.07. The topological polar surface area (TPSA) is 98.7 Å². The molecule has 2 aromatic carbocycles. The number of aliphatic hydroxyl groups excluding tert-OH is 1. The average Bonchev–Trinajstić information content (AvgIpc) is 3.42. The van der Waals surface area contributed by atoms with Gasteiger partial charge in [0.05, 0.1) is 39.9 Å². The number of rotatable bonds is 7. The zero-order valence-corrected chi connectivity index (χ0v) is 22.7. The van der Waals surface area contributed by atoms with Crippen molar-refractivity contribution in [2.45, 2.75) is 55.2 Å². The lowest BCUT2D eigenvalue weighted by Gasteiger charge is -2.38. The number of benzene rings is 2. The molecule has 6 atom stereocenters. The molecule has 3 fully saturated rings. The zero-order valence-electron chi connectivity index (χ0n) is 21.1. The second-order valence-electron chi connectivity index (χ2n) is 10.8. The van der Waals surface area contributed by atoms with E-state index in [0.717, 1.165) is 0 Å². The van der Waals surface area contributed by atoms with E-state index in [4.69, 9.17) is 11.6 Å². The number of carbonyl (C=O) groups is 3. The summed E-state index contributed by atoms with van der Waals surface area (Å²) < 4.78 is -1.26. The van der Waals surface area contributed by atoms with Gasteiger partial charge in [-0.3, -0.25) is 14.4 Å². The van der Waals surface area contributed by atoms with E-state index >= 15 is 0 Å². The average molecular weight is 542 g/mol. The highest BCUT2D eigenvalue weighted by Gasteiger charge is 2.77. The summed E-state index contributed by atoms with van der Waals surface area (Å²) in [6.07, 6.45) is 1.34. The molecule has 2 bridgehead atoms. The summed E-state index contributed by atoms with van der Waals surface area (Å²) in [5.41, 5.74) is 1.14. The summed E-state index contributed by atoms with van der Waals surface area (Å²) in [5.74, 6) is -2.16. The molecule has 7 nitrogen and oxygen atoms in total. The number of nitrogens with one attached hydrogen (secondary N) is 2. The number of aliphatic hydroxyl groups is 1. The van der Waals surface area contributed by atoms with Gasteiger partial charge in [0, 0.05) is 10.4 Å². The maximum absolute atomic E-state index is 14.2. The Morgan fingerprint density at radius 1 is 1.08 bits per heavy atom. The van der Waals surface area contributed by atoms with Gasteiger partial charge in [-0.05, 0) is 49.9 Å². The fraction of sp³-hybridized carbons (Fsp3) is 0.464. The number of halogens is 1. The molecule has 2 unspecified atom stereocenters. The number of hydrogen-bond acceptors (Lipinski definition) is 5. The minimum absolute atomic E-state index is 0.0887. The van der Waals surface area contributed by atoms with Gasteiger partial charge in [0.25, 0.3) is 0 Å². The first-order chi connectivity index (χ1) is 17.6. The van der Waals surface area contributed by atoms with E-state index in [1.165, 1.54) is 0 Å². The molecule has 3 amide bonds. The number of hydrogen-bond donors (Lipinski definition) is 3. The largest absolute Gasteiger partial charge is 0.394 e. The second-order valence-corrected chi connectivity index (χ2v) is 13.1. The van der Waals surface area contributed by atoms with Gasteiger partial charge in [0.15, 0.2) is 0 Å². The van der Waals surface area contributed by atoms with E-state index in [-0.39, 0.29) is 30.2 Å². The van der Waals surface area contributed by atoms with E-state index in [9.17, 15) is 19.5 Å². The zero-order chi connectivity index (χ0) is 26.5. The Balaban J connectivity index is 1.56. The Kier molecular flexibility index (Phi) is 6.79. The van der Waals surface area contributed by atoms with Crippen LogP contribution in [0.15, 0.2) is 54.6 Å². The minimum Gasteiger partial charge on any atom is -0.394 e. The minimum atomic E-state index is -0.845. The van der Waals surface area contributed by atoms with E-state index in [0.29, 0.717) is 29.2 Å². The summed E-state index contributed by atoms with van der Waals surface area (Å²) in [6.45, 7) is 5.61. The van der Waals surface area contributed by atoms with Crippen LogP contribution >= 0.6 is 23.4 Å². The van der Waals surface area contributed by atoms with Crippen molar-refractivity contribution in [2.75, 3.05) is 17.2 Å². The first kappa shape index (κ1) is 26.1. The van der Waals surface area contributed by atoms with Crippen LogP contribution in [0.2, 0.25) is 5.02 Å². The molecule has 0 aromatic heterocycles. The fourth-order valence-electron chi connectivity index (χ4n) is 6.55. The van der Waals surface area contributed by atoms with Crippen LogP contribution in [-0.2, 0) is 14.4 Å². The predicted molar refractivity (Wildman–Crippen MR) is 146 cm³/mol. The van der Waals surface area contributed by atoms with Gasteiger partial charge < -0.3 is 20.6 Å². The Morgan fingerprint density at radius 2 is 1.76 bits per heavy atom.